The predicted octanol–water partition coefficient (Wildman–Crippen LogP) is 3.12. The third kappa shape index (κ3) is 3.24. The maximum Gasteiger partial charge on any atom is 0.266 e. The van der Waals surface area contributed by atoms with Crippen molar-refractivity contribution in [3.05, 3.63) is 83.2 Å². The minimum absolute atomic E-state index is 0.0561. The van der Waals surface area contributed by atoms with E-state index in [0.29, 0.717) is 5.56 Å². The number of carbonyl (C=O) groups excluding carboxylic acids is 1. The number of nitriles is 1. The summed E-state index contributed by atoms with van der Waals surface area (Å²) in [6.45, 7) is 0. The van der Waals surface area contributed by atoms with Crippen LogP contribution in [0.25, 0.3) is 11.1 Å². The van der Waals surface area contributed by atoms with Crippen LogP contribution in [0.2, 0.25) is 0 Å². The van der Waals surface area contributed by atoms with Gasteiger partial charge in [0.05, 0.1) is 5.56 Å². The Labute approximate surface area is 180 Å². The number of pyridine rings is 2. The van der Waals surface area contributed by atoms with Gasteiger partial charge in [-0.2, -0.15) is 5.26 Å². The zero-order valence-corrected chi connectivity index (χ0v) is 16.6. The molecule has 2 aromatic heterocycles. The Hall–Kier alpha value is -4.26. The lowest BCUT2D eigenvalue weighted by molar-refractivity contribution is -0.129. The highest BCUT2D eigenvalue weighted by Gasteiger charge is 2.50. The van der Waals surface area contributed by atoms with Gasteiger partial charge in [-0.15, -0.1) is 0 Å². The van der Waals surface area contributed by atoms with Crippen molar-refractivity contribution >= 4 is 11.9 Å². The second-order valence-corrected chi connectivity index (χ2v) is 7.12. The van der Waals surface area contributed by atoms with Gasteiger partial charge >= 0.3 is 0 Å². The molecule has 7 nitrogen and oxygen atoms in total. The lowest BCUT2D eigenvalue weighted by atomic mass is 9.82. The molecule has 1 unspecified atom stereocenters. The van der Waals surface area contributed by atoms with Gasteiger partial charge in [-0.3, -0.25) is 19.7 Å². The van der Waals surface area contributed by atoms with E-state index in [1.54, 1.807) is 0 Å². The summed E-state index contributed by atoms with van der Waals surface area (Å²) in [5.41, 5.74) is 4.50. The summed E-state index contributed by atoms with van der Waals surface area (Å²) < 4.78 is 41.4. The summed E-state index contributed by atoms with van der Waals surface area (Å²) in [7, 11) is 1.40. The molecule has 1 atom stereocenters. The number of hydrogen-bond acceptors (Lipinski definition) is 6. The summed E-state index contributed by atoms with van der Waals surface area (Å²) >= 11 is 0. The molecule has 0 aliphatic carbocycles. The van der Waals surface area contributed by atoms with Crippen LogP contribution in [-0.2, 0) is 10.3 Å². The van der Waals surface area contributed by atoms with E-state index >= 15 is 0 Å². The van der Waals surface area contributed by atoms with Gasteiger partial charge in [-0.05, 0) is 29.8 Å². The highest BCUT2D eigenvalue weighted by atomic mass is 19.3. The van der Waals surface area contributed by atoms with Crippen molar-refractivity contribution in [2.75, 3.05) is 7.05 Å². The van der Waals surface area contributed by atoms with Crippen LogP contribution in [0, 0.1) is 17.1 Å². The number of benzene rings is 1. The molecule has 1 aliphatic rings. The van der Waals surface area contributed by atoms with Gasteiger partial charge in [-0.1, -0.05) is 6.07 Å². The van der Waals surface area contributed by atoms with Crippen molar-refractivity contribution in [2.45, 2.75) is 12.0 Å². The first-order valence-electron chi connectivity index (χ1n) is 9.30. The van der Waals surface area contributed by atoms with Gasteiger partial charge in [0.2, 0.25) is 0 Å². The average molecular weight is 436 g/mol. The quantitative estimate of drug-likeness (QED) is 0.676. The van der Waals surface area contributed by atoms with E-state index in [2.05, 4.69) is 15.0 Å². The van der Waals surface area contributed by atoms with Crippen molar-refractivity contribution in [2.24, 2.45) is 10.7 Å². The first-order valence-corrected chi connectivity index (χ1v) is 9.30. The SMILES string of the molecule is CN1C(=O)C(c2cncc(C(F)F)c2)(c2ccc(F)c(-c3cncc(C#N)c3)c2)N=C1N. The van der Waals surface area contributed by atoms with Crippen LogP contribution in [0.3, 0.4) is 0 Å². The van der Waals surface area contributed by atoms with Crippen molar-refractivity contribution in [3.63, 3.8) is 0 Å². The van der Waals surface area contributed by atoms with Gasteiger partial charge in [0.25, 0.3) is 12.3 Å². The Bertz CT molecular complexity index is 1300. The molecular formula is C22H15F3N6O. The third-order valence-corrected chi connectivity index (χ3v) is 5.23. The molecule has 32 heavy (non-hydrogen) atoms. The molecule has 1 amide bonds. The van der Waals surface area contributed by atoms with Crippen LogP contribution < -0.4 is 5.73 Å². The van der Waals surface area contributed by atoms with Crippen LogP contribution in [0.5, 0.6) is 0 Å². The molecule has 0 spiro atoms. The van der Waals surface area contributed by atoms with Crippen molar-refractivity contribution < 1.29 is 18.0 Å². The van der Waals surface area contributed by atoms with Gasteiger partial charge in [-0.25, -0.2) is 18.2 Å². The fourth-order valence-corrected chi connectivity index (χ4v) is 3.58. The van der Waals surface area contributed by atoms with Crippen molar-refractivity contribution in [1.29, 1.82) is 5.26 Å². The monoisotopic (exact) mass is 436 g/mol. The van der Waals surface area contributed by atoms with E-state index in [9.17, 15) is 18.0 Å². The lowest BCUT2D eigenvalue weighted by Gasteiger charge is -2.26. The first kappa shape index (κ1) is 21.0. The number of amides is 1. The molecular weight excluding hydrogens is 421 g/mol. The Morgan fingerprint density at radius 1 is 1.09 bits per heavy atom. The topological polar surface area (TPSA) is 108 Å². The molecule has 4 rings (SSSR count). The Morgan fingerprint density at radius 3 is 2.50 bits per heavy atom. The van der Waals surface area contributed by atoms with E-state index < -0.39 is 29.3 Å². The fraction of sp³-hybridized carbons (Fsp3) is 0.136. The van der Waals surface area contributed by atoms with Gasteiger partial charge < -0.3 is 5.73 Å². The largest absolute Gasteiger partial charge is 0.369 e. The Kier molecular flexibility index (Phi) is 5.10. The van der Waals surface area contributed by atoms with E-state index in [1.165, 1.54) is 43.8 Å². The molecule has 0 saturated carbocycles. The number of rotatable bonds is 4. The number of guanidine groups is 1. The van der Waals surface area contributed by atoms with E-state index in [4.69, 9.17) is 11.0 Å². The maximum absolute atomic E-state index is 14.7. The summed E-state index contributed by atoms with van der Waals surface area (Å²) in [6.07, 6.45) is 2.12. The Balaban J connectivity index is 1.98. The molecule has 3 aromatic rings. The number of alkyl halides is 2. The third-order valence-electron chi connectivity index (χ3n) is 5.23. The van der Waals surface area contributed by atoms with Crippen molar-refractivity contribution in [1.82, 2.24) is 14.9 Å². The summed E-state index contributed by atoms with van der Waals surface area (Å²) in [6, 6.07) is 8.35. The second-order valence-electron chi connectivity index (χ2n) is 7.12. The maximum atomic E-state index is 14.7. The average Bonchev–Trinajstić information content (AvgIpc) is 3.04. The summed E-state index contributed by atoms with van der Waals surface area (Å²) in [5, 5.41) is 9.13. The van der Waals surface area contributed by atoms with Crippen LogP contribution in [0.15, 0.2) is 60.1 Å². The number of hydrogen-bond donors (Lipinski definition) is 1. The van der Waals surface area contributed by atoms with Crippen LogP contribution in [-0.4, -0.2) is 33.8 Å². The van der Waals surface area contributed by atoms with E-state index in [-0.39, 0.29) is 28.2 Å². The van der Waals surface area contributed by atoms with Crippen LogP contribution >= 0.6 is 0 Å². The number of carbonyl (C=O) groups is 1. The standard InChI is InChI=1S/C22H15F3N6O/c1-31-20(32)22(30-21(31)27,16-5-14(19(24)25)10-29-11-16)15-2-3-18(23)17(6-15)13-4-12(7-26)8-28-9-13/h2-6,8-11,19H,1H3,(H2,27,30). The molecule has 0 fully saturated rings. The minimum Gasteiger partial charge on any atom is -0.369 e. The highest BCUT2D eigenvalue weighted by molar-refractivity contribution is 6.09. The number of nitrogens with zero attached hydrogens (tertiary/aromatic N) is 5. The van der Waals surface area contributed by atoms with Gasteiger partial charge in [0.15, 0.2) is 11.5 Å². The molecule has 1 aromatic carbocycles. The second kappa shape index (κ2) is 7.77. The first-order chi connectivity index (χ1) is 15.3. The van der Waals surface area contributed by atoms with E-state index in [0.717, 1.165) is 23.2 Å². The zero-order chi connectivity index (χ0) is 23.0. The molecule has 0 radical (unpaired) electrons. The molecule has 0 saturated heterocycles. The van der Waals surface area contributed by atoms with Crippen molar-refractivity contribution in [3.8, 4) is 17.2 Å². The molecule has 0 bridgehead atoms. The predicted molar refractivity (Wildman–Crippen MR) is 109 cm³/mol. The number of nitrogens with two attached hydrogens (primary N) is 1. The number of halogens is 3. The summed E-state index contributed by atoms with van der Waals surface area (Å²) in [5.74, 6) is -1.36. The number of aromatic nitrogens is 2. The zero-order valence-electron chi connectivity index (χ0n) is 16.6. The van der Waals surface area contributed by atoms with Gasteiger partial charge in [0, 0.05) is 54.1 Å². The lowest BCUT2D eigenvalue weighted by Crippen LogP contribution is -2.41. The van der Waals surface area contributed by atoms with Gasteiger partial charge in [0.1, 0.15) is 11.9 Å². The normalized spacial score (nSPS) is 18.1. The van der Waals surface area contributed by atoms with Crippen LogP contribution in [0.1, 0.15) is 28.7 Å². The summed E-state index contributed by atoms with van der Waals surface area (Å²) in [4.78, 5) is 26.5. The number of aliphatic imine (C=N–C) groups is 1. The fourth-order valence-electron chi connectivity index (χ4n) is 3.58. The molecule has 160 valence electrons. The minimum atomic E-state index is -2.82. The highest BCUT2D eigenvalue weighted by Crippen LogP contribution is 2.41. The van der Waals surface area contributed by atoms with E-state index in [1.807, 2.05) is 6.07 Å². The smallest absolute Gasteiger partial charge is 0.266 e. The van der Waals surface area contributed by atoms with Crippen LogP contribution in [0.4, 0.5) is 13.2 Å². The molecule has 10 heteroatoms. The Morgan fingerprint density at radius 2 is 1.84 bits per heavy atom. The molecule has 2 N–H and O–H groups in total. The molecule has 1 aliphatic heterocycles. The molecule has 3 heterocycles. The number of likely N-dealkylation sites (N-methyl/N-ethyl adjacent to an activating group) is 1.